The summed E-state index contributed by atoms with van der Waals surface area (Å²) in [6.07, 6.45) is -10.6. The van der Waals surface area contributed by atoms with Crippen LogP contribution in [0.5, 0.6) is 0 Å². The Morgan fingerprint density at radius 3 is 1.29 bits per heavy atom. The number of aromatic nitrogens is 1. The van der Waals surface area contributed by atoms with Crippen LogP contribution in [0.15, 0.2) is 246 Å². The van der Waals surface area contributed by atoms with Crippen LogP contribution < -0.4 is 0 Å². The van der Waals surface area contributed by atoms with Gasteiger partial charge in [0.05, 0.1) is 56.3 Å². The molecule has 9 aromatic rings. The minimum atomic E-state index is -1.56. The van der Waals surface area contributed by atoms with Crippen LogP contribution >= 0.6 is 11.8 Å². The quantitative estimate of drug-likeness (QED) is 0.0413. The van der Waals surface area contributed by atoms with Crippen molar-refractivity contribution in [3.05, 3.63) is 276 Å². The van der Waals surface area contributed by atoms with Crippen molar-refractivity contribution >= 4 is 40.8 Å². The van der Waals surface area contributed by atoms with Crippen molar-refractivity contribution in [3.63, 3.8) is 0 Å². The molecule has 0 unspecified atom stereocenters. The maximum absolute atomic E-state index is 14.6. The molecule has 84 heavy (non-hydrogen) atoms. The normalized spacial score (nSPS) is 22.2. The van der Waals surface area contributed by atoms with E-state index in [1.807, 2.05) is 133 Å². The smallest absolute Gasteiger partial charge is 0.338 e. The number of esters is 3. The molecular formula is C68H61NO14S. The van der Waals surface area contributed by atoms with E-state index >= 15 is 0 Å². The number of ether oxygens (including phenoxy) is 10. The van der Waals surface area contributed by atoms with Gasteiger partial charge >= 0.3 is 17.9 Å². The molecule has 2 aliphatic rings. The minimum Gasteiger partial charge on any atom is -0.452 e. The maximum atomic E-state index is 14.6. The first-order chi connectivity index (χ1) is 41.4. The molecule has 0 N–H and O–H groups in total. The SMILES string of the molecule is O=C(O[C@@H]1[C@@H](OC(=O)c2ccccc2)[C@H](Sc2nc3ccccc3o2)O[C@H](CO[C@@H]2O[C@H](COCc3ccccc3)[C@@H](OCc3ccccc3)[C@H](OCc3ccccc3)[C@H]2OCc2ccccc2)[C@H]1OC(=O)c1ccccc1)c1ccccc1. The molecule has 0 spiro atoms. The second kappa shape index (κ2) is 28.8. The van der Waals surface area contributed by atoms with Crippen LogP contribution in [0.4, 0.5) is 0 Å². The van der Waals surface area contributed by atoms with Gasteiger partial charge in [-0.15, -0.1) is 0 Å². The Kier molecular flexibility index (Phi) is 19.7. The molecule has 10 atom stereocenters. The first-order valence-electron chi connectivity index (χ1n) is 27.7. The average molecular weight is 1150 g/mol. The van der Waals surface area contributed by atoms with Crippen LogP contribution in [0.3, 0.4) is 0 Å². The number of hydrogen-bond donors (Lipinski definition) is 0. The number of thioether (sulfide) groups is 1. The molecule has 0 radical (unpaired) electrons. The van der Waals surface area contributed by atoms with Gasteiger partial charge in [0.1, 0.15) is 36.0 Å². The van der Waals surface area contributed by atoms with Crippen molar-refractivity contribution in [2.75, 3.05) is 13.2 Å². The molecule has 2 saturated heterocycles. The van der Waals surface area contributed by atoms with Crippen LogP contribution in [0.2, 0.25) is 0 Å². The van der Waals surface area contributed by atoms with Crippen molar-refractivity contribution in [3.8, 4) is 0 Å². The maximum Gasteiger partial charge on any atom is 0.338 e. The van der Waals surface area contributed by atoms with E-state index in [4.69, 9.17) is 56.8 Å². The van der Waals surface area contributed by atoms with Gasteiger partial charge in [-0.25, -0.2) is 19.4 Å². The Morgan fingerprint density at radius 2 is 0.786 bits per heavy atom. The van der Waals surface area contributed by atoms with Gasteiger partial charge in [-0.1, -0.05) is 188 Å². The Balaban J connectivity index is 0.993. The van der Waals surface area contributed by atoms with E-state index in [2.05, 4.69) is 0 Å². The van der Waals surface area contributed by atoms with E-state index in [9.17, 15) is 14.4 Å². The van der Waals surface area contributed by atoms with E-state index in [0.29, 0.717) is 11.1 Å². The Morgan fingerprint density at radius 1 is 0.381 bits per heavy atom. The summed E-state index contributed by atoms with van der Waals surface area (Å²) in [5, 5.41) is 0.151. The highest BCUT2D eigenvalue weighted by Crippen LogP contribution is 2.40. The fourth-order valence-electron chi connectivity index (χ4n) is 9.88. The fourth-order valence-corrected chi connectivity index (χ4v) is 10.9. The summed E-state index contributed by atoms with van der Waals surface area (Å²) in [5.74, 6) is -2.34. The molecule has 8 aromatic carbocycles. The van der Waals surface area contributed by atoms with Gasteiger partial charge in [0.25, 0.3) is 5.22 Å². The summed E-state index contributed by atoms with van der Waals surface area (Å²) in [5.41, 5.74) is 4.02. The molecule has 0 saturated carbocycles. The van der Waals surface area contributed by atoms with E-state index in [0.717, 1.165) is 34.0 Å². The van der Waals surface area contributed by atoms with Gasteiger partial charge in [0.2, 0.25) is 0 Å². The van der Waals surface area contributed by atoms with Crippen molar-refractivity contribution in [1.29, 1.82) is 0 Å². The van der Waals surface area contributed by atoms with E-state index in [1.165, 1.54) is 0 Å². The Labute approximate surface area is 490 Å². The highest BCUT2D eigenvalue weighted by Gasteiger charge is 2.55. The molecule has 1 aromatic heterocycles. The lowest BCUT2D eigenvalue weighted by Gasteiger charge is -2.47. The molecule has 428 valence electrons. The number of fused-ring (bicyclic) bond motifs is 1. The zero-order chi connectivity index (χ0) is 57.3. The lowest BCUT2D eigenvalue weighted by atomic mass is 9.97. The summed E-state index contributed by atoms with van der Waals surface area (Å²) >= 11 is 0.994. The van der Waals surface area contributed by atoms with Crippen LogP contribution in [-0.4, -0.2) is 96.7 Å². The first-order valence-corrected chi connectivity index (χ1v) is 28.6. The molecule has 16 heteroatoms. The van der Waals surface area contributed by atoms with Crippen molar-refractivity contribution < 1.29 is 66.2 Å². The summed E-state index contributed by atoms with van der Waals surface area (Å²) in [6.45, 7) is 0.398. The third-order valence-corrected chi connectivity index (χ3v) is 15.1. The topological polar surface area (TPSA) is 170 Å². The lowest BCUT2D eigenvalue weighted by Crippen LogP contribution is -2.64. The largest absolute Gasteiger partial charge is 0.452 e. The number of para-hydroxylation sites is 2. The van der Waals surface area contributed by atoms with Crippen LogP contribution in [0.1, 0.15) is 53.3 Å². The number of rotatable bonds is 24. The monoisotopic (exact) mass is 1150 g/mol. The number of carbonyl (C=O) groups excluding carboxylic acids is 3. The Hall–Kier alpha value is -8.29. The van der Waals surface area contributed by atoms with Crippen molar-refractivity contribution in [2.24, 2.45) is 0 Å². The zero-order valence-electron chi connectivity index (χ0n) is 45.6. The molecule has 0 amide bonds. The molecule has 2 fully saturated rings. The number of nitrogens with zero attached hydrogens (tertiary/aromatic N) is 1. The molecule has 15 nitrogen and oxygen atoms in total. The standard InChI is InChI=1S/C68H61NO14S/c70-63(50-32-16-5-17-33-50)81-58-56(79-67(84-68-69-53-38-22-23-39-54(53)80-68)62(83-65(72)52-36-20-7-21-37-52)60(58)82-64(71)51-34-18-6-19-35-51)45-77-66-61(76-43-49-30-14-4-15-31-49)59(75-42-48-28-12-3-13-29-48)57(74-41-47-26-10-2-11-27-47)55(78-66)44-73-40-46-24-8-1-9-25-46/h1-39,55-62,66-67H,40-45H2/t55-,56-,57-,58-,59+,60+,61-,62-,66-,67+/m1/s1. The van der Waals surface area contributed by atoms with Gasteiger partial charge in [0.15, 0.2) is 35.6 Å². The number of benzene rings is 8. The summed E-state index contributed by atoms with van der Waals surface area (Å²) in [4.78, 5) is 48.2. The fraction of sp³-hybridized carbons (Fsp3) is 0.235. The second-order valence-electron chi connectivity index (χ2n) is 20.0. The van der Waals surface area contributed by atoms with E-state index in [-0.39, 0.29) is 54.9 Å². The summed E-state index contributed by atoms with van der Waals surface area (Å²) in [7, 11) is 0. The molecule has 0 bridgehead atoms. The van der Waals surface area contributed by atoms with E-state index < -0.39 is 85.1 Å². The summed E-state index contributed by atoms with van der Waals surface area (Å²) < 4.78 is 74.2. The number of carbonyl (C=O) groups is 3. The third-order valence-electron chi connectivity index (χ3n) is 14.1. The number of oxazole rings is 1. The lowest BCUT2D eigenvalue weighted by molar-refractivity contribution is -0.335. The van der Waals surface area contributed by atoms with Gasteiger partial charge < -0.3 is 51.8 Å². The predicted octanol–water partition coefficient (Wildman–Crippen LogP) is 12.0. The van der Waals surface area contributed by atoms with Crippen molar-refractivity contribution in [2.45, 2.75) is 92.2 Å². The van der Waals surface area contributed by atoms with Gasteiger partial charge in [-0.2, -0.15) is 0 Å². The van der Waals surface area contributed by atoms with E-state index in [1.54, 1.807) is 103 Å². The number of hydrogen-bond acceptors (Lipinski definition) is 16. The van der Waals surface area contributed by atoms with Crippen molar-refractivity contribution in [1.82, 2.24) is 4.98 Å². The molecule has 11 rings (SSSR count). The minimum absolute atomic E-state index is 0.0389. The molecular weight excluding hydrogens is 1090 g/mol. The highest BCUT2D eigenvalue weighted by molar-refractivity contribution is 7.99. The van der Waals surface area contributed by atoms with Gasteiger partial charge in [0, 0.05) is 0 Å². The summed E-state index contributed by atoms with van der Waals surface area (Å²) in [6, 6.07) is 71.3. The third kappa shape index (κ3) is 15.1. The molecule has 0 aliphatic carbocycles. The average Bonchev–Trinajstić information content (AvgIpc) is 2.58. The zero-order valence-corrected chi connectivity index (χ0v) is 46.4. The second-order valence-corrected chi connectivity index (χ2v) is 21.0. The highest BCUT2D eigenvalue weighted by atomic mass is 32.2. The van der Waals surface area contributed by atoms with Crippen LogP contribution in [-0.2, 0) is 73.8 Å². The Bertz CT molecular complexity index is 3440. The predicted molar refractivity (Wildman–Crippen MR) is 311 cm³/mol. The molecule has 3 heterocycles. The van der Waals surface area contributed by atoms with Crippen LogP contribution in [0, 0.1) is 0 Å². The van der Waals surface area contributed by atoms with Gasteiger partial charge in [-0.3, -0.25) is 0 Å². The molecule has 2 aliphatic heterocycles. The van der Waals surface area contributed by atoms with Crippen LogP contribution in [0.25, 0.3) is 11.1 Å². The van der Waals surface area contributed by atoms with Gasteiger partial charge in [-0.05, 0) is 82.5 Å². The first kappa shape index (κ1) is 57.5.